The molecule has 2 rings (SSSR count). The number of aliphatic hydroxyl groups is 3. The molecule has 1 unspecified atom stereocenters. The largest absolute Gasteiger partial charge is 0.387 e. The van der Waals surface area contributed by atoms with Gasteiger partial charge in [0.25, 0.3) is 0 Å². The Labute approximate surface area is 87.4 Å². The summed E-state index contributed by atoms with van der Waals surface area (Å²) in [4.78, 5) is 0. The molecule has 2 aliphatic heterocycles. The Morgan fingerprint density at radius 3 is 2.20 bits per heavy atom. The van der Waals surface area contributed by atoms with Crippen molar-refractivity contribution in [2.45, 2.75) is 50.3 Å². The molecule has 0 aliphatic carbocycles. The second kappa shape index (κ2) is 3.65. The first-order valence-electron chi connectivity index (χ1n) is 4.92. The van der Waals surface area contributed by atoms with Gasteiger partial charge in [-0.3, -0.25) is 0 Å². The highest BCUT2D eigenvalue weighted by Crippen LogP contribution is 2.31. The quantitative estimate of drug-likeness (QED) is 0.502. The lowest BCUT2D eigenvalue weighted by Gasteiger charge is -2.22. The Balaban J connectivity index is 2.01. The average Bonchev–Trinajstić information content (AvgIpc) is 2.62. The summed E-state index contributed by atoms with van der Waals surface area (Å²) in [6.45, 7) is 3.77. The molecule has 3 N–H and O–H groups in total. The van der Waals surface area contributed by atoms with Gasteiger partial charge in [0, 0.05) is 0 Å². The first kappa shape index (κ1) is 11.3. The van der Waals surface area contributed by atoms with E-state index in [1.54, 1.807) is 13.8 Å². The predicted octanol–water partition coefficient (Wildman–Crippen LogP) is -1.42. The van der Waals surface area contributed by atoms with E-state index in [0.717, 1.165) is 0 Å². The van der Waals surface area contributed by atoms with Gasteiger partial charge in [-0.05, 0) is 13.8 Å². The first-order chi connectivity index (χ1) is 6.91. The van der Waals surface area contributed by atoms with Crippen LogP contribution in [0.1, 0.15) is 13.8 Å². The Morgan fingerprint density at radius 2 is 1.80 bits per heavy atom. The van der Waals surface area contributed by atoms with E-state index in [4.69, 9.17) is 14.2 Å². The summed E-state index contributed by atoms with van der Waals surface area (Å²) in [5.41, 5.74) is 0. The van der Waals surface area contributed by atoms with Crippen molar-refractivity contribution in [1.29, 1.82) is 0 Å². The molecule has 0 amide bonds. The summed E-state index contributed by atoms with van der Waals surface area (Å²) < 4.78 is 15.8. The van der Waals surface area contributed by atoms with Crippen LogP contribution in [0.5, 0.6) is 0 Å². The molecule has 15 heavy (non-hydrogen) atoms. The molecule has 2 saturated heterocycles. The highest BCUT2D eigenvalue weighted by atomic mass is 16.8. The second-order valence-corrected chi connectivity index (χ2v) is 4.34. The highest BCUT2D eigenvalue weighted by molar-refractivity contribution is 4.93. The van der Waals surface area contributed by atoms with E-state index >= 15 is 0 Å². The Bertz CT molecular complexity index is 243. The summed E-state index contributed by atoms with van der Waals surface area (Å²) in [6, 6.07) is 0. The molecular formula is C9H16O6. The summed E-state index contributed by atoms with van der Waals surface area (Å²) in [5.74, 6) is -0.716. The van der Waals surface area contributed by atoms with Crippen LogP contribution in [0.25, 0.3) is 0 Å². The van der Waals surface area contributed by atoms with Gasteiger partial charge in [0.2, 0.25) is 0 Å². The van der Waals surface area contributed by atoms with Crippen molar-refractivity contribution in [2.75, 3.05) is 6.61 Å². The normalized spacial score (nSPS) is 49.8. The third kappa shape index (κ3) is 2.01. The smallest absolute Gasteiger partial charge is 0.184 e. The van der Waals surface area contributed by atoms with Crippen molar-refractivity contribution in [2.24, 2.45) is 0 Å². The van der Waals surface area contributed by atoms with Crippen LogP contribution >= 0.6 is 0 Å². The maximum atomic E-state index is 9.59. The minimum absolute atomic E-state index is 0.272. The molecular weight excluding hydrogens is 204 g/mol. The van der Waals surface area contributed by atoms with Gasteiger partial charge >= 0.3 is 0 Å². The molecule has 0 aromatic rings. The minimum Gasteiger partial charge on any atom is -0.387 e. The molecule has 2 aliphatic rings. The molecule has 6 nitrogen and oxygen atoms in total. The van der Waals surface area contributed by atoms with Crippen LogP contribution in [0.3, 0.4) is 0 Å². The number of rotatable bonds is 1. The van der Waals surface area contributed by atoms with Crippen molar-refractivity contribution >= 4 is 0 Å². The highest BCUT2D eigenvalue weighted by Gasteiger charge is 2.49. The van der Waals surface area contributed by atoms with Gasteiger partial charge in [0.15, 0.2) is 12.1 Å². The van der Waals surface area contributed by atoms with E-state index in [9.17, 15) is 15.3 Å². The lowest BCUT2D eigenvalue weighted by atomic mass is 10.1. The fourth-order valence-electron chi connectivity index (χ4n) is 1.87. The lowest BCUT2D eigenvalue weighted by molar-refractivity contribution is -0.177. The zero-order valence-corrected chi connectivity index (χ0v) is 8.66. The molecule has 6 heteroatoms. The molecule has 0 saturated carbocycles. The topological polar surface area (TPSA) is 88.4 Å². The Hall–Kier alpha value is -0.240. The maximum absolute atomic E-state index is 9.59. The summed E-state index contributed by atoms with van der Waals surface area (Å²) in [6.07, 6.45) is -5.03. The van der Waals surface area contributed by atoms with Gasteiger partial charge in [0.1, 0.15) is 24.4 Å². The lowest BCUT2D eigenvalue weighted by Crippen LogP contribution is -2.40. The second-order valence-electron chi connectivity index (χ2n) is 4.34. The van der Waals surface area contributed by atoms with Crippen molar-refractivity contribution < 1.29 is 29.5 Å². The molecule has 0 spiro atoms. The number of hydrogen-bond acceptors (Lipinski definition) is 6. The Kier molecular flexibility index (Phi) is 2.74. The van der Waals surface area contributed by atoms with E-state index in [2.05, 4.69) is 0 Å². The standard InChI is InChI=1S/C9H16O6/c1-9(2)13-3-4(15-9)7-5(10)6(11)8(12)14-7/h4-8,10-12H,3H2,1-2H3/t4-,5-,6+,7-,8?/m1/s1. The van der Waals surface area contributed by atoms with Gasteiger partial charge in [-0.25, -0.2) is 0 Å². The van der Waals surface area contributed by atoms with Gasteiger partial charge in [-0.15, -0.1) is 0 Å². The third-order valence-electron chi connectivity index (χ3n) is 2.67. The van der Waals surface area contributed by atoms with Crippen molar-refractivity contribution in [3.8, 4) is 0 Å². The van der Waals surface area contributed by atoms with Crippen LogP contribution in [0.2, 0.25) is 0 Å². The van der Waals surface area contributed by atoms with Crippen molar-refractivity contribution in [3.05, 3.63) is 0 Å². The average molecular weight is 220 g/mol. The molecule has 0 radical (unpaired) electrons. The van der Waals surface area contributed by atoms with E-state index in [-0.39, 0.29) is 6.61 Å². The Morgan fingerprint density at radius 1 is 1.13 bits per heavy atom. The monoisotopic (exact) mass is 220 g/mol. The van der Waals surface area contributed by atoms with Crippen LogP contribution < -0.4 is 0 Å². The van der Waals surface area contributed by atoms with E-state index in [1.807, 2.05) is 0 Å². The molecule has 5 atom stereocenters. The fraction of sp³-hybridized carbons (Fsp3) is 1.00. The molecule has 0 aromatic carbocycles. The zero-order chi connectivity index (χ0) is 11.2. The minimum atomic E-state index is -1.36. The number of ether oxygens (including phenoxy) is 3. The van der Waals surface area contributed by atoms with E-state index in [0.29, 0.717) is 0 Å². The van der Waals surface area contributed by atoms with Gasteiger partial charge in [-0.2, -0.15) is 0 Å². The first-order valence-corrected chi connectivity index (χ1v) is 4.92. The van der Waals surface area contributed by atoms with Gasteiger partial charge < -0.3 is 29.5 Å². The fourth-order valence-corrected chi connectivity index (χ4v) is 1.87. The molecule has 0 aromatic heterocycles. The van der Waals surface area contributed by atoms with E-state index in [1.165, 1.54) is 0 Å². The van der Waals surface area contributed by atoms with Crippen LogP contribution in [0.4, 0.5) is 0 Å². The van der Waals surface area contributed by atoms with E-state index < -0.39 is 36.5 Å². The summed E-state index contributed by atoms with van der Waals surface area (Å²) >= 11 is 0. The van der Waals surface area contributed by atoms with Crippen LogP contribution in [-0.4, -0.2) is 58.4 Å². The summed E-state index contributed by atoms with van der Waals surface area (Å²) in [7, 11) is 0. The van der Waals surface area contributed by atoms with Crippen molar-refractivity contribution in [1.82, 2.24) is 0 Å². The van der Waals surface area contributed by atoms with Crippen LogP contribution in [0, 0.1) is 0 Å². The van der Waals surface area contributed by atoms with Crippen LogP contribution in [-0.2, 0) is 14.2 Å². The molecule has 0 bridgehead atoms. The number of aliphatic hydroxyl groups excluding tert-OH is 3. The number of hydrogen-bond donors (Lipinski definition) is 3. The maximum Gasteiger partial charge on any atom is 0.184 e. The molecule has 2 heterocycles. The molecule has 2 fully saturated rings. The van der Waals surface area contributed by atoms with Crippen molar-refractivity contribution in [3.63, 3.8) is 0 Å². The van der Waals surface area contributed by atoms with Gasteiger partial charge in [-0.1, -0.05) is 0 Å². The predicted molar refractivity (Wildman–Crippen MR) is 47.8 cm³/mol. The zero-order valence-electron chi connectivity index (χ0n) is 8.66. The van der Waals surface area contributed by atoms with Crippen LogP contribution in [0.15, 0.2) is 0 Å². The third-order valence-corrected chi connectivity index (χ3v) is 2.67. The van der Waals surface area contributed by atoms with Gasteiger partial charge in [0.05, 0.1) is 6.61 Å². The SMILES string of the molecule is CC1(C)OC[C@H]([C@H]2OC(O)[C@@H](O)[C@H]2O)O1. The molecule has 88 valence electrons. The summed E-state index contributed by atoms with van der Waals surface area (Å²) in [5, 5.41) is 28.1.